The van der Waals surface area contributed by atoms with E-state index in [4.69, 9.17) is 0 Å². The van der Waals surface area contributed by atoms with Gasteiger partial charge in [-0.2, -0.15) is 0 Å². The van der Waals surface area contributed by atoms with Gasteiger partial charge in [-0.05, 0) is 19.8 Å². The fraction of sp³-hybridized carbons (Fsp3) is 0.684. The molecule has 1 amide bonds. The van der Waals surface area contributed by atoms with Crippen LogP contribution in [-0.4, -0.2) is 75.5 Å². The van der Waals surface area contributed by atoms with Crippen molar-refractivity contribution in [1.82, 2.24) is 10.2 Å². The topological polar surface area (TPSA) is 119 Å². The largest absolute Gasteiger partial charge is 0.477 e. The molecule has 2 saturated heterocycles. The van der Waals surface area contributed by atoms with Gasteiger partial charge in [0.05, 0.1) is 30.0 Å². The van der Waals surface area contributed by atoms with Crippen LogP contribution in [0.25, 0.3) is 0 Å². The number of aliphatic carboxylic acids is 1. The van der Waals surface area contributed by atoms with Crippen LogP contribution in [0.5, 0.6) is 0 Å². The Hall–Kier alpha value is -1.71. The summed E-state index contributed by atoms with van der Waals surface area (Å²) in [6.07, 6.45) is 2.33. The van der Waals surface area contributed by atoms with Gasteiger partial charge in [0, 0.05) is 35.4 Å². The number of aliphatic imine (C=N–C) groups is 1. The van der Waals surface area contributed by atoms with Crippen molar-refractivity contribution in [2.24, 2.45) is 22.7 Å². The summed E-state index contributed by atoms with van der Waals surface area (Å²) in [6.45, 7) is 4.80. The Labute approximate surface area is 167 Å². The second kappa shape index (κ2) is 7.27. The van der Waals surface area contributed by atoms with Crippen molar-refractivity contribution in [3.63, 3.8) is 0 Å². The van der Waals surface area contributed by atoms with E-state index in [1.54, 1.807) is 13.1 Å². The molecule has 0 aliphatic carbocycles. The van der Waals surface area contributed by atoms with Crippen LogP contribution < -0.4 is 5.32 Å². The maximum Gasteiger partial charge on any atom is 0.353 e. The summed E-state index contributed by atoms with van der Waals surface area (Å²) in [5.41, 5.74) is 0.0436. The first-order valence-electron chi connectivity index (χ1n) is 9.73. The quantitative estimate of drug-likeness (QED) is 0.541. The van der Waals surface area contributed by atoms with Gasteiger partial charge in [-0.3, -0.25) is 14.6 Å². The number of aliphatic hydroxyl groups excluding tert-OH is 1. The Morgan fingerprint density at radius 1 is 1.43 bits per heavy atom. The van der Waals surface area contributed by atoms with Crippen molar-refractivity contribution < 1.29 is 24.6 Å². The number of hydrogen-bond donors (Lipinski definition) is 3. The van der Waals surface area contributed by atoms with Crippen LogP contribution in [0.2, 0.25) is 0 Å². The number of amides is 1. The molecule has 4 aliphatic heterocycles. The first kappa shape index (κ1) is 19.6. The maximum atomic E-state index is 12.6. The van der Waals surface area contributed by atoms with Gasteiger partial charge in [-0.15, -0.1) is 11.8 Å². The zero-order valence-electron chi connectivity index (χ0n) is 15.9. The lowest BCUT2D eigenvalue weighted by atomic mass is 9.79. The molecule has 0 aromatic rings. The number of Topliss-reactive ketones (excluding diaryl/α,β-unsaturated/α-hetero) is 1. The molecule has 9 heteroatoms. The summed E-state index contributed by atoms with van der Waals surface area (Å²) in [5.74, 6) is -2.10. The minimum absolute atomic E-state index is 0.0436. The van der Waals surface area contributed by atoms with Crippen molar-refractivity contribution in [2.75, 3.05) is 13.1 Å². The summed E-state index contributed by atoms with van der Waals surface area (Å²) in [4.78, 5) is 43.0. The Balaban J connectivity index is 1.48. The van der Waals surface area contributed by atoms with E-state index >= 15 is 0 Å². The number of carboxylic acids is 1. The minimum Gasteiger partial charge on any atom is -0.477 e. The first-order valence-corrected chi connectivity index (χ1v) is 10.6. The number of β-lactam (4-membered cyclic amide) rings is 1. The molecular formula is C19H25N3O5S. The number of nitrogens with one attached hydrogen (secondary N) is 1. The molecule has 6 unspecified atom stereocenters. The molecule has 0 spiro atoms. The summed E-state index contributed by atoms with van der Waals surface area (Å²) >= 11 is 1.46. The van der Waals surface area contributed by atoms with E-state index in [1.807, 2.05) is 6.92 Å². The van der Waals surface area contributed by atoms with Crippen molar-refractivity contribution in [3.05, 3.63) is 10.6 Å². The first-order chi connectivity index (χ1) is 13.3. The van der Waals surface area contributed by atoms with Crippen LogP contribution >= 0.6 is 11.8 Å². The predicted molar refractivity (Wildman–Crippen MR) is 104 cm³/mol. The summed E-state index contributed by atoms with van der Waals surface area (Å²) in [5, 5.41) is 23.0. The number of rotatable bonds is 6. The lowest BCUT2D eigenvalue weighted by Crippen LogP contribution is -2.63. The highest BCUT2D eigenvalue weighted by molar-refractivity contribution is 8.03. The fourth-order valence-corrected chi connectivity index (χ4v) is 6.31. The van der Waals surface area contributed by atoms with E-state index in [9.17, 15) is 24.6 Å². The number of carboxylic acid groups (broad SMARTS) is 1. The minimum atomic E-state index is -1.12. The zero-order chi connectivity index (χ0) is 20.2. The summed E-state index contributed by atoms with van der Waals surface area (Å²) < 4.78 is 0. The molecule has 0 bridgehead atoms. The summed E-state index contributed by atoms with van der Waals surface area (Å²) in [6, 6.07) is -0.538. The van der Waals surface area contributed by atoms with Crippen LogP contribution in [-0.2, 0) is 14.4 Å². The van der Waals surface area contributed by atoms with Crippen LogP contribution in [0.3, 0.4) is 0 Å². The molecule has 0 aromatic carbocycles. The molecule has 0 radical (unpaired) electrons. The second-order valence-corrected chi connectivity index (χ2v) is 9.40. The molecule has 4 rings (SSSR count). The third-order valence-corrected chi connectivity index (χ3v) is 7.77. The van der Waals surface area contributed by atoms with Crippen molar-refractivity contribution in [3.8, 4) is 0 Å². The van der Waals surface area contributed by atoms with Gasteiger partial charge in [0.15, 0.2) is 5.78 Å². The van der Waals surface area contributed by atoms with E-state index in [1.165, 1.54) is 16.7 Å². The van der Waals surface area contributed by atoms with Gasteiger partial charge < -0.3 is 20.4 Å². The second-order valence-electron chi connectivity index (χ2n) is 8.06. The van der Waals surface area contributed by atoms with E-state index in [2.05, 4.69) is 10.3 Å². The lowest BCUT2D eigenvalue weighted by molar-refractivity contribution is -0.163. The standard InChI is InChI=1S/C19H25N3O5S/c1-8-14-13(9(2)23)18(25)22(14)15(19(26)27)17(8)28-11-5-12(21-7-11)16(24)10-3-4-20-6-10/h6,8-14,21,23H,3-5,7H2,1-2H3,(H,26,27)/t8?,9?,10?,11?,12?,13?,14-/m1/s1. The SMILES string of the molecule is CC(O)C1C(=O)N2C(C(=O)O)=C(SC3CNC(C(=O)C4C=NCC4)C3)C(C)[C@H]12. The number of carbonyl (C=O) groups excluding carboxylic acids is 2. The maximum absolute atomic E-state index is 12.6. The van der Waals surface area contributed by atoms with E-state index in [0.29, 0.717) is 24.4 Å². The monoisotopic (exact) mass is 407 g/mol. The molecular weight excluding hydrogens is 382 g/mol. The van der Waals surface area contributed by atoms with Crippen LogP contribution in [0.15, 0.2) is 15.6 Å². The molecule has 28 heavy (non-hydrogen) atoms. The number of fused-ring (bicyclic) bond motifs is 1. The normalized spacial score (nSPS) is 38.0. The number of nitrogens with zero attached hydrogens (tertiary/aromatic N) is 2. The molecule has 2 fully saturated rings. The predicted octanol–water partition coefficient (Wildman–Crippen LogP) is 0.264. The van der Waals surface area contributed by atoms with Crippen molar-refractivity contribution >= 4 is 35.6 Å². The number of ketones is 1. The van der Waals surface area contributed by atoms with Gasteiger partial charge in [-0.1, -0.05) is 6.92 Å². The Kier molecular flexibility index (Phi) is 5.09. The van der Waals surface area contributed by atoms with Gasteiger partial charge in [0.25, 0.3) is 0 Å². The average Bonchev–Trinajstić information content (AvgIpc) is 3.35. The molecule has 4 aliphatic rings. The van der Waals surface area contributed by atoms with Gasteiger partial charge >= 0.3 is 5.97 Å². The van der Waals surface area contributed by atoms with Crippen LogP contribution in [0.1, 0.15) is 26.7 Å². The van der Waals surface area contributed by atoms with E-state index in [-0.39, 0.29) is 46.6 Å². The average molecular weight is 407 g/mol. The van der Waals surface area contributed by atoms with Gasteiger partial charge in [-0.25, -0.2) is 4.79 Å². The highest BCUT2D eigenvalue weighted by atomic mass is 32.2. The van der Waals surface area contributed by atoms with Gasteiger partial charge in [0.2, 0.25) is 5.91 Å². The Morgan fingerprint density at radius 3 is 2.79 bits per heavy atom. The molecule has 8 nitrogen and oxygen atoms in total. The molecule has 0 saturated carbocycles. The van der Waals surface area contributed by atoms with Gasteiger partial charge in [0.1, 0.15) is 5.70 Å². The Bertz CT molecular complexity index is 780. The van der Waals surface area contributed by atoms with E-state index in [0.717, 1.165) is 6.42 Å². The number of hydrogen-bond acceptors (Lipinski definition) is 7. The fourth-order valence-electron chi connectivity index (χ4n) is 4.83. The third kappa shape index (κ3) is 3.00. The highest BCUT2D eigenvalue weighted by Crippen LogP contribution is 2.51. The lowest BCUT2D eigenvalue weighted by Gasteiger charge is -2.46. The van der Waals surface area contributed by atoms with Crippen molar-refractivity contribution in [2.45, 2.75) is 50.1 Å². The summed E-state index contributed by atoms with van der Waals surface area (Å²) in [7, 11) is 0. The third-order valence-electron chi connectivity index (χ3n) is 6.26. The number of thioether (sulfide) groups is 1. The highest BCUT2D eigenvalue weighted by Gasteiger charge is 2.60. The van der Waals surface area contributed by atoms with E-state index < -0.39 is 18.0 Å². The van der Waals surface area contributed by atoms with Crippen LogP contribution in [0.4, 0.5) is 0 Å². The molecule has 0 aromatic heterocycles. The molecule has 152 valence electrons. The number of aliphatic hydroxyl groups is 1. The van der Waals surface area contributed by atoms with Crippen molar-refractivity contribution in [1.29, 1.82) is 0 Å². The Morgan fingerprint density at radius 2 is 2.18 bits per heavy atom. The zero-order valence-corrected chi connectivity index (χ0v) is 16.7. The number of carbonyl (C=O) groups is 3. The molecule has 3 N–H and O–H groups in total. The molecule has 7 atom stereocenters. The molecule has 4 heterocycles. The smallest absolute Gasteiger partial charge is 0.353 e. The van der Waals surface area contributed by atoms with Crippen LogP contribution in [0, 0.1) is 17.8 Å².